The van der Waals surface area contributed by atoms with E-state index in [-0.39, 0.29) is 6.42 Å². The van der Waals surface area contributed by atoms with Gasteiger partial charge in [-0.05, 0) is 12.8 Å². The van der Waals surface area contributed by atoms with E-state index >= 15 is 0 Å². The molecule has 442 valence electrons. The van der Waals surface area contributed by atoms with Gasteiger partial charge in [0.2, 0.25) is 5.91 Å². The largest absolute Gasteiger partial charge is 0.394 e. The molecule has 8 N–H and O–H groups in total. The van der Waals surface area contributed by atoms with Crippen molar-refractivity contribution >= 4 is 5.91 Å². The van der Waals surface area contributed by atoms with E-state index in [1.54, 1.807) is 0 Å². The van der Waals surface area contributed by atoms with Crippen molar-refractivity contribution < 1.29 is 50.0 Å². The van der Waals surface area contributed by atoms with E-state index in [1.807, 2.05) is 0 Å². The lowest BCUT2D eigenvalue weighted by molar-refractivity contribution is -0.303. The zero-order chi connectivity index (χ0) is 54.0. The Bertz CT molecular complexity index is 1160. The lowest BCUT2D eigenvalue weighted by Gasteiger charge is -2.40. The van der Waals surface area contributed by atoms with Crippen LogP contribution < -0.4 is 5.32 Å². The van der Waals surface area contributed by atoms with Gasteiger partial charge in [-0.3, -0.25) is 4.79 Å². The van der Waals surface area contributed by atoms with Crippen LogP contribution >= 0.6 is 0 Å². The second-order valence-electron chi connectivity index (χ2n) is 23.2. The number of amides is 1. The zero-order valence-electron chi connectivity index (χ0n) is 48.6. The highest BCUT2D eigenvalue weighted by Gasteiger charge is 2.44. The fourth-order valence-corrected chi connectivity index (χ4v) is 10.9. The van der Waals surface area contributed by atoms with Gasteiger partial charge < -0.3 is 50.5 Å². The van der Waals surface area contributed by atoms with Crippen LogP contribution in [0.1, 0.15) is 328 Å². The highest BCUT2D eigenvalue weighted by molar-refractivity contribution is 5.80. The third-order valence-corrected chi connectivity index (χ3v) is 16.2. The number of nitrogens with one attached hydrogen (secondary N) is 1. The van der Waals surface area contributed by atoms with Crippen molar-refractivity contribution in [3.8, 4) is 0 Å². The molecule has 0 aromatic heterocycles. The van der Waals surface area contributed by atoms with Gasteiger partial charge in [-0.25, -0.2) is 0 Å². The Morgan fingerprint density at radius 2 is 0.703 bits per heavy atom. The average Bonchev–Trinajstić information content (AvgIpc) is 3.40. The first-order valence-corrected chi connectivity index (χ1v) is 32.4. The molecule has 0 aromatic carbocycles. The fraction of sp³-hybridized carbons (Fsp3) is 0.984. The minimum atomic E-state index is -1.66. The van der Waals surface area contributed by atoms with Crippen LogP contribution in [-0.4, -0.2) is 110 Å². The smallest absolute Gasteiger partial charge is 0.249 e. The number of hydrogen-bond donors (Lipinski definition) is 8. The molecular weight excluding hydrogens is 931 g/mol. The molecule has 1 fully saturated rings. The number of aliphatic hydroxyl groups is 7. The van der Waals surface area contributed by atoms with Gasteiger partial charge in [0.15, 0.2) is 6.29 Å². The maximum Gasteiger partial charge on any atom is 0.249 e. The Kier molecular flexibility index (Phi) is 50.7. The number of ether oxygens (including phenoxy) is 2. The Hall–Kier alpha value is -0.890. The summed E-state index contributed by atoms with van der Waals surface area (Å²) >= 11 is 0. The summed E-state index contributed by atoms with van der Waals surface area (Å²) in [5.74, 6) is -0.688. The maximum absolute atomic E-state index is 13.2. The van der Waals surface area contributed by atoms with Gasteiger partial charge in [0.05, 0.1) is 25.4 Å². The topological polar surface area (TPSA) is 189 Å². The Labute approximate surface area is 456 Å². The predicted octanol–water partition coefficient (Wildman–Crippen LogP) is 14.5. The number of hydrogen-bond acceptors (Lipinski definition) is 10. The quantitative estimate of drug-likeness (QED) is 0.0272. The summed E-state index contributed by atoms with van der Waals surface area (Å²) in [5, 5.41) is 76.4. The van der Waals surface area contributed by atoms with Crippen molar-refractivity contribution in [2.45, 2.75) is 384 Å². The summed E-state index contributed by atoms with van der Waals surface area (Å²) < 4.78 is 11.2. The average molecular weight is 1060 g/mol. The molecule has 0 spiro atoms. The Morgan fingerprint density at radius 3 is 1.00 bits per heavy atom. The van der Waals surface area contributed by atoms with Crippen molar-refractivity contribution in [2.24, 2.45) is 0 Å². The van der Waals surface area contributed by atoms with Crippen LogP contribution in [0.2, 0.25) is 0 Å². The van der Waals surface area contributed by atoms with Crippen molar-refractivity contribution in [2.75, 3.05) is 13.2 Å². The molecule has 1 amide bonds. The molecule has 1 aliphatic heterocycles. The number of carbonyl (C=O) groups excluding carboxylic acids is 1. The van der Waals surface area contributed by atoms with Gasteiger partial charge >= 0.3 is 0 Å². The van der Waals surface area contributed by atoms with Gasteiger partial charge in [0.25, 0.3) is 0 Å². The van der Waals surface area contributed by atoms with Gasteiger partial charge in [0.1, 0.15) is 36.6 Å². The van der Waals surface area contributed by atoms with Crippen molar-refractivity contribution in [1.29, 1.82) is 0 Å². The van der Waals surface area contributed by atoms with E-state index in [0.29, 0.717) is 19.3 Å². The lowest BCUT2D eigenvalue weighted by atomic mass is 9.98. The second kappa shape index (κ2) is 52.8. The first-order valence-electron chi connectivity index (χ1n) is 32.4. The van der Waals surface area contributed by atoms with Crippen molar-refractivity contribution in [3.05, 3.63) is 0 Å². The van der Waals surface area contributed by atoms with E-state index in [4.69, 9.17) is 9.47 Å². The molecule has 11 heteroatoms. The van der Waals surface area contributed by atoms with Crippen LogP contribution in [0.25, 0.3) is 0 Å². The van der Waals surface area contributed by atoms with Gasteiger partial charge in [-0.2, -0.15) is 0 Å². The molecular formula is C63H125NO10. The zero-order valence-corrected chi connectivity index (χ0v) is 48.6. The van der Waals surface area contributed by atoms with E-state index in [9.17, 15) is 40.5 Å². The normalized spacial score (nSPS) is 19.7. The lowest BCUT2D eigenvalue weighted by Crippen LogP contribution is -2.60. The Balaban J connectivity index is 2.24. The van der Waals surface area contributed by atoms with Crippen LogP contribution in [0.15, 0.2) is 0 Å². The van der Waals surface area contributed by atoms with Gasteiger partial charge in [-0.15, -0.1) is 0 Å². The molecule has 0 aromatic rings. The monoisotopic (exact) mass is 1060 g/mol. The molecule has 1 rings (SSSR count). The van der Waals surface area contributed by atoms with Crippen LogP contribution in [0.5, 0.6) is 0 Å². The maximum atomic E-state index is 13.2. The highest BCUT2D eigenvalue weighted by atomic mass is 16.7. The summed E-state index contributed by atoms with van der Waals surface area (Å²) in [6, 6.07) is -1.16. The summed E-state index contributed by atoms with van der Waals surface area (Å²) in [5.41, 5.74) is 0. The standard InChI is InChI=1S/C63H125NO10/c1-3-5-7-9-11-13-15-17-19-21-23-25-27-29-30-32-34-36-38-40-42-44-46-48-50-55(66)58(68)54(53-73-63-61(71)60(70)59(69)57(52-65)74-63)64-62(72)56(67)51-49-47-45-43-41-39-37-35-33-31-28-26-24-22-20-18-16-14-12-10-8-6-4-2/h54-61,63,65-71H,3-53H2,1-2H3,(H,64,72). The van der Waals surface area contributed by atoms with E-state index in [2.05, 4.69) is 19.2 Å². The fourth-order valence-electron chi connectivity index (χ4n) is 10.9. The molecule has 0 saturated carbocycles. The molecule has 0 radical (unpaired) electrons. The minimum Gasteiger partial charge on any atom is -0.394 e. The van der Waals surface area contributed by atoms with Crippen LogP contribution in [0, 0.1) is 0 Å². The number of unbranched alkanes of at least 4 members (excludes halogenated alkanes) is 45. The van der Waals surface area contributed by atoms with Crippen molar-refractivity contribution in [1.82, 2.24) is 5.32 Å². The summed E-state index contributed by atoms with van der Waals surface area (Å²) in [6.07, 6.45) is 50.2. The molecule has 11 nitrogen and oxygen atoms in total. The van der Waals surface area contributed by atoms with E-state index in [1.165, 1.54) is 250 Å². The Morgan fingerprint density at radius 1 is 0.419 bits per heavy atom. The number of aliphatic hydroxyl groups excluding tert-OH is 7. The van der Waals surface area contributed by atoms with Crippen molar-refractivity contribution in [3.63, 3.8) is 0 Å². The summed E-state index contributed by atoms with van der Waals surface area (Å²) in [7, 11) is 0. The number of carbonyl (C=O) groups is 1. The molecule has 1 saturated heterocycles. The molecule has 0 aliphatic carbocycles. The van der Waals surface area contributed by atoms with Crippen LogP contribution in [-0.2, 0) is 14.3 Å². The minimum absolute atomic E-state index is 0.267. The molecule has 1 heterocycles. The number of rotatable bonds is 57. The van der Waals surface area contributed by atoms with E-state index < -0.39 is 74.2 Å². The summed E-state index contributed by atoms with van der Waals surface area (Å²) in [4.78, 5) is 13.2. The van der Waals surface area contributed by atoms with Crippen LogP contribution in [0.3, 0.4) is 0 Å². The van der Waals surface area contributed by atoms with Crippen LogP contribution in [0.4, 0.5) is 0 Å². The van der Waals surface area contributed by atoms with E-state index in [0.717, 1.165) is 38.5 Å². The molecule has 74 heavy (non-hydrogen) atoms. The molecule has 9 atom stereocenters. The molecule has 0 bridgehead atoms. The third-order valence-electron chi connectivity index (χ3n) is 16.2. The van der Waals surface area contributed by atoms with Gasteiger partial charge in [0, 0.05) is 0 Å². The summed E-state index contributed by atoms with van der Waals surface area (Å²) in [6.45, 7) is 3.52. The molecule has 9 unspecified atom stereocenters. The molecule has 1 aliphatic rings. The first kappa shape index (κ1) is 71.1. The predicted molar refractivity (Wildman–Crippen MR) is 307 cm³/mol. The first-order chi connectivity index (χ1) is 36.2. The van der Waals surface area contributed by atoms with Gasteiger partial charge in [-0.1, -0.05) is 316 Å². The second-order valence-corrected chi connectivity index (χ2v) is 23.2. The third kappa shape index (κ3) is 40.3. The SMILES string of the molecule is CCCCCCCCCCCCCCCCCCCCCCCCCCC(O)C(O)C(COC1OC(CO)C(O)C(O)C1O)NC(=O)C(O)CCCCCCCCCCCCCCCCCCCCCCCCC. The highest BCUT2D eigenvalue weighted by Crippen LogP contribution is 2.24.